The summed E-state index contributed by atoms with van der Waals surface area (Å²) < 4.78 is 11.5. The van der Waals surface area contributed by atoms with Gasteiger partial charge in [-0.3, -0.25) is 9.59 Å². The first-order valence-electron chi connectivity index (χ1n) is 23.1. The number of ether oxygens (including phenoxy) is 2. The summed E-state index contributed by atoms with van der Waals surface area (Å²) in [6.07, 6.45) is 36.2. The van der Waals surface area contributed by atoms with Gasteiger partial charge >= 0.3 is 11.9 Å². The van der Waals surface area contributed by atoms with Gasteiger partial charge in [0.05, 0.1) is 31.2 Å². The molecule has 6 heteroatoms. The predicted molar refractivity (Wildman–Crippen MR) is 223 cm³/mol. The van der Waals surface area contributed by atoms with E-state index in [1.54, 1.807) is 0 Å². The summed E-state index contributed by atoms with van der Waals surface area (Å²) in [6, 6.07) is 0. The van der Waals surface area contributed by atoms with Gasteiger partial charge in [-0.25, -0.2) is 0 Å². The van der Waals surface area contributed by atoms with Crippen molar-refractivity contribution >= 4 is 11.9 Å². The Hall–Kier alpha value is -1.14. The molecule has 0 fully saturated rings. The molecule has 0 rings (SSSR count). The number of carbonyl (C=O) groups excluding carboxylic acids is 2. The van der Waals surface area contributed by atoms with Crippen molar-refractivity contribution in [1.29, 1.82) is 0 Å². The molecular weight excluding hydrogens is 647 g/mol. The highest BCUT2D eigenvalue weighted by Crippen LogP contribution is 2.22. The fourth-order valence-electron chi connectivity index (χ4n) is 7.36. The molecule has 0 radical (unpaired) electrons. The van der Waals surface area contributed by atoms with Crippen LogP contribution in [0.15, 0.2) is 0 Å². The number of aliphatic hydroxyl groups excluding tert-OH is 1. The fraction of sp³-hybridized carbons (Fsp3) is 0.957. The highest BCUT2D eigenvalue weighted by molar-refractivity contribution is 5.72. The number of rotatable bonds is 41. The van der Waals surface area contributed by atoms with Crippen LogP contribution in [0, 0.1) is 11.8 Å². The van der Waals surface area contributed by atoms with Crippen LogP contribution in [0.1, 0.15) is 233 Å². The van der Waals surface area contributed by atoms with Gasteiger partial charge in [0.25, 0.3) is 0 Å². The Balaban J connectivity index is 4.08. The summed E-state index contributed by atoms with van der Waals surface area (Å²) in [4.78, 5) is 28.0. The van der Waals surface area contributed by atoms with E-state index in [0.717, 1.165) is 109 Å². The van der Waals surface area contributed by atoms with E-state index >= 15 is 0 Å². The van der Waals surface area contributed by atoms with E-state index in [0.29, 0.717) is 19.8 Å². The number of carbonyl (C=O) groups is 2. The van der Waals surface area contributed by atoms with Crippen LogP contribution in [0.2, 0.25) is 0 Å². The number of nitrogens with zero attached hydrogens (tertiary/aromatic N) is 1. The molecule has 6 nitrogen and oxygen atoms in total. The zero-order valence-electron chi connectivity index (χ0n) is 35.7. The van der Waals surface area contributed by atoms with Crippen LogP contribution in [-0.2, 0) is 19.1 Å². The molecule has 0 saturated carbocycles. The fourth-order valence-corrected chi connectivity index (χ4v) is 7.36. The van der Waals surface area contributed by atoms with Gasteiger partial charge in [0, 0.05) is 6.54 Å². The van der Waals surface area contributed by atoms with Crippen LogP contribution in [0.25, 0.3) is 0 Å². The van der Waals surface area contributed by atoms with Gasteiger partial charge in [0.2, 0.25) is 0 Å². The average molecular weight is 738 g/mol. The summed E-state index contributed by atoms with van der Waals surface area (Å²) in [5.74, 6) is 0.219. The number of hydrogen-bond acceptors (Lipinski definition) is 6. The molecule has 0 aromatic rings. The first-order valence-corrected chi connectivity index (χ1v) is 23.1. The number of aliphatic hydroxyl groups is 1. The number of hydrogen-bond donors (Lipinski definition) is 1. The first kappa shape index (κ1) is 50.9. The molecule has 0 aromatic heterocycles. The molecule has 52 heavy (non-hydrogen) atoms. The van der Waals surface area contributed by atoms with Crippen LogP contribution in [-0.4, -0.2) is 61.4 Å². The maximum Gasteiger partial charge on any atom is 0.308 e. The Morgan fingerprint density at radius 1 is 0.442 bits per heavy atom. The maximum atomic E-state index is 12.9. The van der Waals surface area contributed by atoms with E-state index < -0.39 is 0 Å². The zero-order chi connectivity index (χ0) is 38.3. The van der Waals surface area contributed by atoms with E-state index in [2.05, 4.69) is 39.6 Å². The van der Waals surface area contributed by atoms with Gasteiger partial charge in [0.1, 0.15) is 0 Å². The molecule has 0 bridgehead atoms. The molecule has 3 unspecified atom stereocenters. The Labute approximate surface area is 324 Å². The minimum atomic E-state index is -0.317. The quantitative estimate of drug-likeness (QED) is 0.0497. The molecule has 0 aliphatic heterocycles. The monoisotopic (exact) mass is 738 g/mol. The van der Waals surface area contributed by atoms with Crippen LogP contribution >= 0.6 is 0 Å². The van der Waals surface area contributed by atoms with Crippen molar-refractivity contribution in [3.05, 3.63) is 0 Å². The van der Waals surface area contributed by atoms with E-state index in [1.165, 1.54) is 103 Å². The lowest BCUT2D eigenvalue weighted by atomic mass is 9.94. The Morgan fingerprint density at radius 3 is 1.17 bits per heavy atom. The van der Waals surface area contributed by atoms with Crippen molar-refractivity contribution in [1.82, 2.24) is 4.90 Å². The van der Waals surface area contributed by atoms with Gasteiger partial charge in [-0.15, -0.1) is 0 Å². The maximum absolute atomic E-state index is 12.9. The van der Waals surface area contributed by atoms with Crippen LogP contribution < -0.4 is 0 Å². The minimum absolute atomic E-state index is 0.0216. The second-order valence-corrected chi connectivity index (χ2v) is 16.2. The predicted octanol–water partition coefficient (Wildman–Crippen LogP) is 13.2. The van der Waals surface area contributed by atoms with Crippen LogP contribution in [0.4, 0.5) is 0 Å². The smallest absolute Gasteiger partial charge is 0.308 e. The lowest BCUT2D eigenvalue weighted by molar-refractivity contribution is -0.150. The first-order chi connectivity index (χ1) is 25.4. The SMILES string of the molecule is CCCCCCCCC(CCCCCC)C(=O)OCCCCCCN(C)CC(O)CCCCCOC(=O)C(CCCCCC)CCCCCCCC. The summed E-state index contributed by atoms with van der Waals surface area (Å²) in [5.41, 5.74) is 0. The molecule has 310 valence electrons. The third kappa shape index (κ3) is 33.4. The lowest BCUT2D eigenvalue weighted by Crippen LogP contribution is -2.30. The highest BCUT2D eigenvalue weighted by atomic mass is 16.5. The summed E-state index contributed by atoms with van der Waals surface area (Å²) >= 11 is 0. The molecule has 0 amide bonds. The van der Waals surface area contributed by atoms with Crippen LogP contribution in [0.3, 0.4) is 0 Å². The number of unbranched alkanes of at least 4 members (excludes halogenated alkanes) is 21. The molecule has 0 saturated heterocycles. The molecule has 0 spiro atoms. The second-order valence-electron chi connectivity index (χ2n) is 16.2. The van der Waals surface area contributed by atoms with Gasteiger partial charge in [-0.2, -0.15) is 0 Å². The molecule has 0 heterocycles. The highest BCUT2D eigenvalue weighted by Gasteiger charge is 2.20. The standard InChI is InChI=1S/C46H91NO5/c1-6-10-14-18-20-27-35-42(33-25-16-12-8-3)45(49)51-39-31-23-22-30-38-47(5)41-44(48)37-29-24-32-40-52-46(50)43(34-26-17-13-9-4)36-28-21-19-15-11-7-2/h42-44,48H,6-41H2,1-5H3. The Morgan fingerprint density at radius 2 is 0.750 bits per heavy atom. The van der Waals surface area contributed by atoms with Gasteiger partial charge in [0.15, 0.2) is 0 Å². The summed E-state index contributed by atoms with van der Waals surface area (Å²) in [7, 11) is 2.10. The van der Waals surface area contributed by atoms with Gasteiger partial charge < -0.3 is 19.5 Å². The van der Waals surface area contributed by atoms with Crippen molar-refractivity contribution in [2.45, 2.75) is 239 Å². The largest absolute Gasteiger partial charge is 0.465 e. The van der Waals surface area contributed by atoms with Crippen molar-refractivity contribution in [2.24, 2.45) is 11.8 Å². The molecule has 0 aliphatic rings. The van der Waals surface area contributed by atoms with E-state index in [1.807, 2.05) is 0 Å². The van der Waals surface area contributed by atoms with E-state index in [4.69, 9.17) is 9.47 Å². The number of esters is 2. The van der Waals surface area contributed by atoms with E-state index in [9.17, 15) is 14.7 Å². The topological polar surface area (TPSA) is 76.1 Å². The molecular formula is C46H91NO5. The molecule has 0 aliphatic carbocycles. The van der Waals surface area contributed by atoms with Crippen molar-refractivity contribution in [3.63, 3.8) is 0 Å². The Kier molecular flexibility index (Phi) is 38.7. The third-order valence-electron chi connectivity index (χ3n) is 10.9. The summed E-state index contributed by atoms with van der Waals surface area (Å²) in [5, 5.41) is 10.6. The Bertz CT molecular complexity index is 761. The van der Waals surface area contributed by atoms with Crippen LogP contribution in [0.5, 0.6) is 0 Å². The van der Waals surface area contributed by atoms with E-state index in [-0.39, 0.29) is 29.9 Å². The number of likely N-dealkylation sites (N-methyl/N-ethyl adjacent to an activating group) is 1. The van der Waals surface area contributed by atoms with Crippen molar-refractivity contribution in [2.75, 3.05) is 33.4 Å². The normalized spacial score (nSPS) is 13.4. The van der Waals surface area contributed by atoms with Crippen molar-refractivity contribution < 1.29 is 24.2 Å². The third-order valence-corrected chi connectivity index (χ3v) is 10.9. The molecule has 1 N–H and O–H groups in total. The lowest BCUT2D eigenvalue weighted by Gasteiger charge is -2.20. The van der Waals surface area contributed by atoms with Crippen molar-refractivity contribution in [3.8, 4) is 0 Å². The van der Waals surface area contributed by atoms with Gasteiger partial charge in [-0.1, -0.05) is 175 Å². The average Bonchev–Trinajstić information content (AvgIpc) is 3.13. The van der Waals surface area contributed by atoms with Gasteiger partial charge in [-0.05, 0) is 71.4 Å². The second kappa shape index (κ2) is 39.6. The summed E-state index contributed by atoms with van der Waals surface area (Å²) in [6.45, 7) is 11.7. The zero-order valence-corrected chi connectivity index (χ0v) is 35.7. The molecule has 3 atom stereocenters. The minimum Gasteiger partial charge on any atom is -0.465 e. The molecule has 0 aromatic carbocycles.